The lowest BCUT2D eigenvalue weighted by Gasteiger charge is -2.43. The van der Waals surface area contributed by atoms with E-state index in [2.05, 4.69) is 15.0 Å². The van der Waals surface area contributed by atoms with Gasteiger partial charge in [0.1, 0.15) is 0 Å². The number of nitrogens with zero attached hydrogens (tertiary/aromatic N) is 2. The molecular formula is C19H17F3N4O5S. The molecule has 3 amide bonds. The maximum absolute atomic E-state index is 12.7. The van der Waals surface area contributed by atoms with Crippen LogP contribution in [0.5, 0.6) is 0 Å². The molecule has 3 rings (SSSR count). The minimum atomic E-state index is -5.42. The van der Waals surface area contributed by atoms with Gasteiger partial charge in [-0.1, -0.05) is 30.3 Å². The van der Waals surface area contributed by atoms with Gasteiger partial charge in [-0.05, 0) is 18.9 Å². The average Bonchev–Trinajstić information content (AvgIpc) is 3.14. The van der Waals surface area contributed by atoms with Crippen LogP contribution in [-0.2, 0) is 25.5 Å². The first-order valence-electron chi connectivity index (χ1n) is 9.20. The molecule has 2 heterocycles. The maximum Gasteiger partial charge on any atom is 0.491 e. The summed E-state index contributed by atoms with van der Waals surface area (Å²) in [5.41, 5.74) is 6.22. The lowest BCUT2D eigenvalue weighted by molar-refractivity contribution is -0.205. The average molecular weight is 470 g/mol. The SMILES string of the molecule is C[C@@H](NC(=O)N1C(=O)[C@H](Cc2cnc(N)s2)[C@H]1C(=O)OC(=O)C(F)(F)F)c1ccccc1. The number of urea groups is 1. The Kier molecular flexibility index (Phi) is 6.48. The van der Waals surface area contributed by atoms with Gasteiger partial charge in [-0.2, -0.15) is 13.2 Å². The molecule has 0 saturated carbocycles. The van der Waals surface area contributed by atoms with Gasteiger partial charge >= 0.3 is 24.1 Å². The number of carbonyl (C=O) groups excluding carboxylic acids is 4. The van der Waals surface area contributed by atoms with Crippen molar-refractivity contribution in [3.05, 3.63) is 47.0 Å². The number of hydrogen-bond acceptors (Lipinski definition) is 8. The summed E-state index contributed by atoms with van der Waals surface area (Å²) in [5.74, 6) is -6.42. The largest absolute Gasteiger partial charge is 0.491 e. The second-order valence-corrected chi connectivity index (χ2v) is 8.06. The molecule has 0 bridgehead atoms. The van der Waals surface area contributed by atoms with Crippen LogP contribution in [-0.4, -0.2) is 46.0 Å². The lowest BCUT2D eigenvalue weighted by Crippen LogP contribution is -2.69. The predicted octanol–water partition coefficient (Wildman–Crippen LogP) is 2.20. The normalized spacial score (nSPS) is 19.1. The molecular weight excluding hydrogens is 453 g/mol. The number of aromatic nitrogens is 1. The monoisotopic (exact) mass is 470 g/mol. The summed E-state index contributed by atoms with van der Waals surface area (Å²) < 4.78 is 41.5. The minimum Gasteiger partial charge on any atom is -0.385 e. The molecule has 0 aliphatic carbocycles. The smallest absolute Gasteiger partial charge is 0.385 e. The van der Waals surface area contributed by atoms with Gasteiger partial charge in [-0.25, -0.2) is 24.3 Å². The summed E-state index contributed by atoms with van der Waals surface area (Å²) in [6.45, 7) is 1.62. The number of rotatable bonds is 5. The van der Waals surface area contributed by atoms with Gasteiger partial charge in [0.2, 0.25) is 5.91 Å². The fourth-order valence-electron chi connectivity index (χ4n) is 3.17. The Hall–Kier alpha value is -3.48. The molecule has 0 spiro atoms. The van der Waals surface area contributed by atoms with Crippen LogP contribution in [0.3, 0.4) is 0 Å². The Morgan fingerprint density at radius 1 is 1.28 bits per heavy atom. The number of ether oxygens (including phenoxy) is 1. The summed E-state index contributed by atoms with van der Waals surface area (Å²) in [6.07, 6.45) is -4.19. The molecule has 1 aliphatic rings. The summed E-state index contributed by atoms with van der Waals surface area (Å²) in [6, 6.07) is 5.34. The molecule has 1 aromatic carbocycles. The predicted molar refractivity (Wildman–Crippen MR) is 105 cm³/mol. The van der Waals surface area contributed by atoms with Crippen molar-refractivity contribution in [1.29, 1.82) is 0 Å². The number of likely N-dealkylation sites (tertiary alicyclic amines) is 1. The van der Waals surface area contributed by atoms with E-state index >= 15 is 0 Å². The van der Waals surface area contributed by atoms with Crippen LogP contribution >= 0.6 is 11.3 Å². The third-order valence-corrected chi connectivity index (χ3v) is 5.58. The van der Waals surface area contributed by atoms with E-state index in [1.165, 1.54) is 6.20 Å². The van der Waals surface area contributed by atoms with Gasteiger partial charge in [0.25, 0.3) is 0 Å². The molecule has 1 fully saturated rings. The lowest BCUT2D eigenvalue weighted by atomic mass is 9.84. The highest BCUT2D eigenvalue weighted by Crippen LogP contribution is 2.34. The third-order valence-electron chi connectivity index (χ3n) is 4.73. The van der Waals surface area contributed by atoms with E-state index in [0.29, 0.717) is 15.3 Å². The number of hydrogen-bond donors (Lipinski definition) is 2. The molecule has 2 aromatic rings. The number of amides is 3. The van der Waals surface area contributed by atoms with Crippen molar-refractivity contribution in [2.75, 3.05) is 5.73 Å². The van der Waals surface area contributed by atoms with Gasteiger partial charge < -0.3 is 15.8 Å². The van der Waals surface area contributed by atoms with E-state index in [-0.39, 0.29) is 11.6 Å². The van der Waals surface area contributed by atoms with Crippen molar-refractivity contribution < 1.29 is 37.1 Å². The Balaban J connectivity index is 1.79. The van der Waals surface area contributed by atoms with Gasteiger partial charge in [-0.3, -0.25) is 4.79 Å². The van der Waals surface area contributed by atoms with Crippen molar-refractivity contribution in [1.82, 2.24) is 15.2 Å². The summed E-state index contributed by atoms with van der Waals surface area (Å²) >= 11 is 1.01. The first kappa shape index (κ1) is 23.2. The number of alkyl halides is 3. The number of β-lactam (4-membered cyclic amide) rings is 1. The molecule has 32 heavy (non-hydrogen) atoms. The Morgan fingerprint density at radius 2 is 1.94 bits per heavy atom. The molecule has 1 saturated heterocycles. The summed E-state index contributed by atoms with van der Waals surface area (Å²) in [7, 11) is 0. The second-order valence-electron chi connectivity index (χ2n) is 6.92. The van der Waals surface area contributed by atoms with Crippen LogP contribution in [0.25, 0.3) is 0 Å². The van der Waals surface area contributed by atoms with Crippen LogP contribution in [0.4, 0.5) is 23.1 Å². The van der Waals surface area contributed by atoms with Crippen LogP contribution < -0.4 is 11.1 Å². The molecule has 3 N–H and O–H groups in total. The van der Waals surface area contributed by atoms with Gasteiger partial charge in [0.05, 0.1) is 12.0 Å². The molecule has 1 aliphatic heterocycles. The van der Waals surface area contributed by atoms with E-state index < -0.39 is 48.1 Å². The second kappa shape index (κ2) is 8.94. The van der Waals surface area contributed by atoms with E-state index in [0.717, 1.165) is 11.3 Å². The third kappa shape index (κ3) is 4.88. The quantitative estimate of drug-likeness (QED) is 0.389. The highest BCUT2D eigenvalue weighted by molar-refractivity contribution is 7.15. The first-order valence-corrected chi connectivity index (χ1v) is 10.0. The fourth-order valence-corrected chi connectivity index (χ4v) is 3.91. The molecule has 170 valence electrons. The van der Waals surface area contributed by atoms with E-state index in [4.69, 9.17) is 5.73 Å². The van der Waals surface area contributed by atoms with Crippen LogP contribution in [0.15, 0.2) is 36.5 Å². The standard InChI is InChI=1S/C19H17F3N4O5S/c1-9(10-5-3-2-4-6-10)25-18(30)26-13(15(28)31-16(29)19(20,21)22)12(14(26)27)7-11-8-24-17(23)32-11/h2-6,8-9,12-13H,7H2,1H3,(H2,23,24)(H,25,30)/t9-,12-,13+/m1/s1. The number of imide groups is 1. The van der Waals surface area contributed by atoms with Crippen molar-refractivity contribution in [2.45, 2.75) is 31.6 Å². The summed E-state index contributed by atoms with van der Waals surface area (Å²) in [4.78, 5) is 53.5. The number of halogens is 3. The number of carbonyl (C=O) groups is 4. The minimum absolute atomic E-state index is 0.119. The Bertz CT molecular complexity index is 1040. The van der Waals surface area contributed by atoms with E-state index in [9.17, 15) is 32.3 Å². The number of thiazole rings is 1. The molecule has 1 aromatic heterocycles. The van der Waals surface area contributed by atoms with Crippen LogP contribution in [0, 0.1) is 5.92 Å². The van der Waals surface area contributed by atoms with Crippen LogP contribution in [0.1, 0.15) is 23.4 Å². The number of nitrogens with two attached hydrogens (primary N) is 1. The summed E-state index contributed by atoms with van der Waals surface area (Å²) in [5, 5.41) is 2.69. The molecule has 0 unspecified atom stereocenters. The maximum atomic E-state index is 12.7. The van der Waals surface area contributed by atoms with Crippen molar-refractivity contribution in [2.24, 2.45) is 5.92 Å². The molecule has 13 heteroatoms. The number of nitrogens with one attached hydrogen (secondary N) is 1. The highest BCUT2D eigenvalue weighted by atomic mass is 32.1. The number of benzene rings is 1. The number of esters is 2. The zero-order valence-corrected chi connectivity index (χ0v) is 17.3. The van der Waals surface area contributed by atoms with E-state index in [1.54, 1.807) is 37.3 Å². The molecule has 0 radical (unpaired) electrons. The van der Waals surface area contributed by atoms with Crippen molar-refractivity contribution in [3.8, 4) is 0 Å². The van der Waals surface area contributed by atoms with Crippen molar-refractivity contribution >= 4 is 40.3 Å². The molecule has 3 atom stereocenters. The number of nitrogen functional groups attached to an aromatic ring is 1. The van der Waals surface area contributed by atoms with Gasteiger partial charge in [0, 0.05) is 11.1 Å². The topological polar surface area (TPSA) is 132 Å². The zero-order valence-electron chi connectivity index (χ0n) is 16.5. The highest BCUT2D eigenvalue weighted by Gasteiger charge is 2.57. The fraction of sp³-hybridized carbons (Fsp3) is 0.316. The molecule has 9 nitrogen and oxygen atoms in total. The zero-order chi connectivity index (χ0) is 23.6. The first-order chi connectivity index (χ1) is 15.0. The van der Waals surface area contributed by atoms with Crippen LogP contribution in [0.2, 0.25) is 0 Å². The van der Waals surface area contributed by atoms with Crippen molar-refractivity contribution in [3.63, 3.8) is 0 Å². The van der Waals surface area contributed by atoms with Gasteiger partial charge in [-0.15, -0.1) is 11.3 Å². The van der Waals surface area contributed by atoms with E-state index in [1.807, 2.05) is 0 Å². The Morgan fingerprint density at radius 3 is 2.50 bits per heavy atom. The van der Waals surface area contributed by atoms with Gasteiger partial charge in [0.15, 0.2) is 11.2 Å². The Labute approximate surface area is 183 Å². The number of anilines is 1.